The van der Waals surface area contributed by atoms with E-state index in [2.05, 4.69) is 24.1 Å². The molecule has 2 rings (SSSR count). The first kappa shape index (κ1) is 12.2. The van der Waals surface area contributed by atoms with Gasteiger partial charge in [-0.25, -0.2) is 0 Å². The number of nitrogens with one attached hydrogen (secondary N) is 1. The second-order valence-electron chi connectivity index (χ2n) is 4.68. The number of thioether (sulfide) groups is 1. The number of hydrogen-bond acceptors (Lipinski definition) is 4. The summed E-state index contributed by atoms with van der Waals surface area (Å²) >= 11 is 1.90. The summed E-state index contributed by atoms with van der Waals surface area (Å²) in [5.74, 6) is 1.17. The molecule has 0 aromatic carbocycles. The van der Waals surface area contributed by atoms with Gasteiger partial charge in [-0.2, -0.15) is 0 Å². The lowest BCUT2D eigenvalue weighted by molar-refractivity contribution is 0.210. The maximum absolute atomic E-state index is 4.70. The van der Waals surface area contributed by atoms with Crippen molar-refractivity contribution in [3.63, 3.8) is 0 Å². The van der Waals surface area contributed by atoms with E-state index in [1.807, 2.05) is 11.8 Å². The predicted octanol–water partition coefficient (Wildman–Crippen LogP) is 1.94. The molecule has 0 bridgehead atoms. The SMILES string of the molecule is CCC1CSC(NC2CCCN(CC)C2)=N1. The van der Waals surface area contributed by atoms with E-state index in [4.69, 9.17) is 4.99 Å². The lowest BCUT2D eigenvalue weighted by Crippen LogP contribution is -2.46. The van der Waals surface area contributed by atoms with Crippen LogP contribution in [0.15, 0.2) is 4.99 Å². The highest BCUT2D eigenvalue weighted by Crippen LogP contribution is 2.20. The molecule has 0 aromatic rings. The molecule has 2 aliphatic heterocycles. The zero-order valence-electron chi connectivity index (χ0n) is 10.4. The molecule has 0 spiro atoms. The molecular formula is C12H23N3S. The van der Waals surface area contributed by atoms with Crippen molar-refractivity contribution in [1.29, 1.82) is 0 Å². The summed E-state index contributed by atoms with van der Waals surface area (Å²) < 4.78 is 0. The summed E-state index contributed by atoms with van der Waals surface area (Å²) in [6, 6.07) is 1.17. The topological polar surface area (TPSA) is 27.6 Å². The molecule has 2 heterocycles. The third-order valence-electron chi connectivity index (χ3n) is 3.46. The van der Waals surface area contributed by atoms with Gasteiger partial charge in [0.15, 0.2) is 5.17 Å². The van der Waals surface area contributed by atoms with Gasteiger partial charge in [0, 0.05) is 18.3 Å². The molecule has 0 saturated carbocycles. The average Bonchev–Trinajstić information content (AvgIpc) is 2.77. The van der Waals surface area contributed by atoms with Crippen LogP contribution in [-0.4, -0.2) is 47.5 Å². The van der Waals surface area contributed by atoms with E-state index in [1.54, 1.807) is 0 Å². The van der Waals surface area contributed by atoms with Gasteiger partial charge in [-0.05, 0) is 32.4 Å². The third-order valence-corrected chi connectivity index (χ3v) is 4.51. The Kier molecular flexibility index (Phi) is 4.53. The van der Waals surface area contributed by atoms with E-state index in [0.29, 0.717) is 12.1 Å². The van der Waals surface area contributed by atoms with Gasteiger partial charge >= 0.3 is 0 Å². The lowest BCUT2D eigenvalue weighted by atomic mass is 10.1. The molecule has 92 valence electrons. The number of likely N-dealkylation sites (tertiary alicyclic amines) is 1. The number of aliphatic imine (C=N–C) groups is 1. The molecule has 4 heteroatoms. The van der Waals surface area contributed by atoms with Crippen molar-refractivity contribution < 1.29 is 0 Å². The predicted molar refractivity (Wildman–Crippen MR) is 72.2 cm³/mol. The van der Waals surface area contributed by atoms with E-state index in [9.17, 15) is 0 Å². The minimum absolute atomic E-state index is 0.554. The van der Waals surface area contributed by atoms with E-state index >= 15 is 0 Å². The zero-order valence-corrected chi connectivity index (χ0v) is 11.2. The molecule has 0 amide bonds. The van der Waals surface area contributed by atoms with Crippen molar-refractivity contribution >= 4 is 16.9 Å². The molecule has 0 aliphatic carbocycles. The molecule has 1 N–H and O–H groups in total. The van der Waals surface area contributed by atoms with E-state index in [-0.39, 0.29) is 0 Å². The summed E-state index contributed by atoms with van der Waals surface area (Å²) in [6.07, 6.45) is 3.79. The average molecular weight is 241 g/mol. The summed E-state index contributed by atoms with van der Waals surface area (Å²) in [5.41, 5.74) is 0. The fourth-order valence-electron chi connectivity index (χ4n) is 2.34. The zero-order chi connectivity index (χ0) is 11.4. The van der Waals surface area contributed by atoms with Crippen LogP contribution >= 0.6 is 11.8 Å². The maximum Gasteiger partial charge on any atom is 0.157 e. The summed E-state index contributed by atoms with van der Waals surface area (Å²) in [5, 5.41) is 4.81. The van der Waals surface area contributed by atoms with Crippen LogP contribution in [0, 0.1) is 0 Å². The first-order valence-electron chi connectivity index (χ1n) is 6.51. The van der Waals surface area contributed by atoms with Gasteiger partial charge in [-0.15, -0.1) is 0 Å². The van der Waals surface area contributed by atoms with Crippen LogP contribution in [0.4, 0.5) is 0 Å². The van der Waals surface area contributed by atoms with Gasteiger partial charge in [0.05, 0.1) is 6.04 Å². The van der Waals surface area contributed by atoms with Crippen LogP contribution in [0.2, 0.25) is 0 Å². The Morgan fingerprint density at radius 1 is 1.50 bits per heavy atom. The molecule has 16 heavy (non-hydrogen) atoms. The Morgan fingerprint density at radius 3 is 3.06 bits per heavy atom. The summed E-state index contributed by atoms with van der Waals surface area (Å²) in [7, 11) is 0. The molecule has 2 atom stereocenters. The van der Waals surface area contributed by atoms with Crippen LogP contribution in [0.5, 0.6) is 0 Å². The highest BCUT2D eigenvalue weighted by atomic mass is 32.2. The quantitative estimate of drug-likeness (QED) is 0.818. The van der Waals surface area contributed by atoms with Crippen molar-refractivity contribution in [2.75, 3.05) is 25.4 Å². The normalized spacial score (nSPS) is 31.5. The highest BCUT2D eigenvalue weighted by Gasteiger charge is 2.22. The Bertz CT molecular complexity index is 255. The van der Waals surface area contributed by atoms with Gasteiger partial charge < -0.3 is 10.2 Å². The smallest absolute Gasteiger partial charge is 0.157 e. The molecular weight excluding hydrogens is 218 g/mol. The number of piperidine rings is 1. The number of amidine groups is 1. The van der Waals surface area contributed by atoms with Crippen LogP contribution < -0.4 is 5.32 Å². The van der Waals surface area contributed by atoms with Crippen LogP contribution in [0.3, 0.4) is 0 Å². The van der Waals surface area contributed by atoms with Crippen molar-refractivity contribution in [1.82, 2.24) is 10.2 Å². The molecule has 1 saturated heterocycles. The van der Waals surface area contributed by atoms with E-state index in [0.717, 1.165) is 0 Å². The van der Waals surface area contributed by atoms with Crippen LogP contribution in [0.25, 0.3) is 0 Å². The van der Waals surface area contributed by atoms with Gasteiger partial charge in [0.2, 0.25) is 0 Å². The van der Waals surface area contributed by atoms with Crippen molar-refractivity contribution in [3.8, 4) is 0 Å². The Hall–Kier alpha value is -0.220. The second-order valence-corrected chi connectivity index (χ2v) is 5.69. The first-order valence-corrected chi connectivity index (χ1v) is 7.49. The summed E-state index contributed by atoms with van der Waals surface area (Å²) in [6.45, 7) is 8.10. The largest absolute Gasteiger partial charge is 0.361 e. The van der Waals surface area contributed by atoms with Gasteiger partial charge in [0.25, 0.3) is 0 Å². The van der Waals surface area contributed by atoms with Crippen LogP contribution in [0.1, 0.15) is 33.1 Å². The summed E-state index contributed by atoms with van der Waals surface area (Å²) in [4.78, 5) is 7.23. The van der Waals surface area contributed by atoms with E-state index < -0.39 is 0 Å². The number of likely N-dealkylation sites (N-methyl/N-ethyl adjacent to an activating group) is 1. The van der Waals surface area contributed by atoms with Gasteiger partial charge in [0.1, 0.15) is 0 Å². The van der Waals surface area contributed by atoms with Crippen molar-refractivity contribution in [3.05, 3.63) is 0 Å². The fourth-order valence-corrected chi connectivity index (χ4v) is 3.47. The standard InChI is InChI=1S/C12H23N3S/c1-3-10-9-16-12(13-10)14-11-6-5-7-15(4-2)8-11/h10-11H,3-9H2,1-2H3,(H,13,14). The molecule has 0 aromatic heterocycles. The van der Waals surface area contributed by atoms with E-state index in [1.165, 1.54) is 49.8 Å². The van der Waals surface area contributed by atoms with Gasteiger partial charge in [-0.1, -0.05) is 25.6 Å². The molecule has 3 nitrogen and oxygen atoms in total. The third kappa shape index (κ3) is 3.14. The molecule has 2 aliphatic rings. The lowest BCUT2D eigenvalue weighted by Gasteiger charge is -2.32. The first-order chi connectivity index (χ1) is 7.81. The molecule has 0 radical (unpaired) electrons. The van der Waals surface area contributed by atoms with Gasteiger partial charge in [-0.3, -0.25) is 4.99 Å². The molecule has 1 fully saturated rings. The van der Waals surface area contributed by atoms with Crippen molar-refractivity contribution in [2.24, 2.45) is 4.99 Å². The maximum atomic E-state index is 4.70. The minimum Gasteiger partial charge on any atom is -0.361 e. The Morgan fingerprint density at radius 2 is 2.38 bits per heavy atom. The van der Waals surface area contributed by atoms with Crippen molar-refractivity contribution in [2.45, 2.75) is 45.2 Å². The van der Waals surface area contributed by atoms with Crippen LogP contribution in [-0.2, 0) is 0 Å². The monoisotopic (exact) mass is 241 g/mol. The Balaban J connectivity index is 1.81. The number of rotatable bonds is 3. The highest BCUT2D eigenvalue weighted by molar-refractivity contribution is 8.14. The molecule has 2 unspecified atom stereocenters. The second kappa shape index (κ2) is 5.92. The fraction of sp³-hybridized carbons (Fsp3) is 0.917. The minimum atomic E-state index is 0.554. The Labute approximate surface area is 103 Å². The number of nitrogens with zero attached hydrogens (tertiary/aromatic N) is 2. The number of hydrogen-bond donors (Lipinski definition) is 1.